The topological polar surface area (TPSA) is 259 Å². The third-order valence-electron chi connectivity index (χ3n) is 18.4. The van der Waals surface area contributed by atoms with Crippen molar-refractivity contribution >= 4 is 35.3 Å². The van der Waals surface area contributed by atoms with Crippen LogP contribution in [0.1, 0.15) is 156 Å². The van der Waals surface area contributed by atoms with E-state index in [2.05, 4.69) is 66.2 Å². The van der Waals surface area contributed by atoms with Crippen LogP contribution in [0.3, 0.4) is 0 Å². The molecule has 0 spiro atoms. The highest BCUT2D eigenvalue weighted by Gasteiger charge is 2.49. The third kappa shape index (κ3) is 14.7. The number of likely N-dealkylation sites (N-methyl/N-ethyl adjacent to an activating group) is 1. The Morgan fingerprint density at radius 3 is 1.63 bits per heavy atom. The van der Waals surface area contributed by atoms with E-state index in [0.717, 1.165) is 49.7 Å². The van der Waals surface area contributed by atoms with Crippen LogP contribution >= 0.6 is 0 Å². The smallest absolute Gasteiger partial charge is 0.246 e. The zero-order valence-electron chi connectivity index (χ0n) is 49.2. The number of unbranched alkanes of at least 4 members (excludes halogenated alkanes) is 2. The number of amides is 5. The molecule has 12 atom stereocenters. The average Bonchev–Trinajstić information content (AvgIpc) is 3.40. The van der Waals surface area contributed by atoms with Crippen molar-refractivity contribution in [3.05, 3.63) is 131 Å². The van der Waals surface area contributed by atoms with Crippen molar-refractivity contribution in [3.63, 3.8) is 0 Å². The number of fused-ring (bicyclic) bond motifs is 2. The number of carbonyl (C=O) groups excluding carboxylic acids is 6. The maximum Gasteiger partial charge on any atom is 0.246 e. The summed E-state index contributed by atoms with van der Waals surface area (Å²) in [6.07, 6.45) is 14.9. The van der Waals surface area contributed by atoms with Gasteiger partial charge in [0.1, 0.15) is 23.8 Å². The average molecular weight is 1150 g/mol. The van der Waals surface area contributed by atoms with Gasteiger partial charge in [0.2, 0.25) is 29.5 Å². The summed E-state index contributed by atoms with van der Waals surface area (Å²) in [5, 5.41) is 50.6. The van der Waals surface area contributed by atoms with Crippen LogP contribution in [0.5, 0.6) is 0 Å². The molecule has 0 bridgehead atoms. The van der Waals surface area contributed by atoms with Crippen LogP contribution in [0.4, 0.5) is 0 Å². The second-order valence-electron chi connectivity index (χ2n) is 23.8. The molecule has 3 aromatic carbocycles. The summed E-state index contributed by atoms with van der Waals surface area (Å²) in [7, 11) is 1.67. The molecule has 0 aliphatic carbocycles. The van der Waals surface area contributed by atoms with Gasteiger partial charge >= 0.3 is 0 Å². The number of rotatable bonds is 27. The molecule has 0 radical (unpaired) electrons. The SMILES string of the molecule is CC[C@@H](C)C(=O)N[C@@H]1C(=O)N2[C@@H](CC[C@@H]1CO)CC[C@H]2C(=O)C[C@@H](c1ccccc1)c1cn(CCCCc2ccc(CCCCn3cc([C@@H](NC(=O)[C@@H]4CC[C@@H]5CC[C@H](CO)[C@H](NC(=O)[C@H](C)NC)C(=O)N54)c4ccccc4)nn3)cc2)nn1. The van der Waals surface area contributed by atoms with E-state index in [4.69, 9.17) is 0 Å². The molecule has 6 N–H and O–H groups in total. The van der Waals surface area contributed by atoms with Crippen LogP contribution in [0.2, 0.25) is 0 Å². The molecule has 20 heteroatoms. The van der Waals surface area contributed by atoms with E-state index in [-0.39, 0.29) is 78.9 Å². The van der Waals surface area contributed by atoms with Gasteiger partial charge in [-0.1, -0.05) is 109 Å². The molecule has 0 saturated carbocycles. The first-order valence-corrected chi connectivity index (χ1v) is 30.7. The summed E-state index contributed by atoms with van der Waals surface area (Å²) in [5.74, 6) is -3.00. The summed E-state index contributed by atoms with van der Waals surface area (Å²) < 4.78 is 3.67. The van der Waals surface area contributed by atoms with E-state index >= 15 is 0 Å². The first-order chi connectivity index (χ1) is 40.8. The normalized spacial score (nSPS) is 23.8. The van der Waals surface area contributed by atoms with Crippen LogP contribution in [-0.2, 0) is 54.7 Å². The number of hydrogen-bond donors (Lipinski definition) is 6. The molecular formula is C64H86N12O8. The van der Waals surface area contributed by atoms with Crippen molar-refractivity contribution in [3.8, 4) is 0 Å². The second kappa shape index (κ2) is 29.1. The van der Waals surface area contributed by atoms with Crippen molar-refractivity contribution in [2.45, 2.75) is 191 Å². The zero-order valence-corrected chi connectivity index (χ0v) is 49.2. The second-order valence-corrected chi connectivity index (χ2v) is 23.8. The Hall–Kier alpha value is -7.16. The predicted octanol–water partition coefficient (Wildman–Crippen LogP) is 5.36. The van der Waals surface area contributed by atoms with Gasteiger partial charge in [-0.3, -0.25) is 38.1 Å². The maximum absolute atomic E-state index is 14.4. The quantitative estimate of drug-likeness (QED) is 0.0363. The van der Waals surface area contributed by atoms with E-state index in [1.807, 2.05) is 96.3 Å². The van der Waals surface area contributed by atoms with Crippen LogP contribution in [-0.4, -0.2) is 148 Å². The van der Waals surface area contributed by atoms with Crippen molar-refractivity contribution in [1.29, 1.82) is 0 Å². The fraction of sp³-hybridized carbons (Fsp3) is 0.562. The monoisotopic (exact) mass is 1150 g/mol. The number of hydrogen-bond acceptors (Lipinski definition) is 13. The molecule has 4 aliphatic rings. The minimum absolute atomic E-state index is 0.0404. The first kappa shape index (κ1) is 61.4. The highest BCUT2D eigenvalue weighted by Crippen LogP contribution is 2.38. The molecule has 4 aliphatic heterocycles. The van der Waals surface area contributed by atoms with Gasteiger partial charge in [0.05, 0.1) is 30.0 Å². The number of nitrogens with one attached hydrogen (secondary N) is 4. The Kier molecular flexibility index (Phi) is 21.3. The minimum Gasteiger partial charge on any atom is -0.396 e. The molecule has 84 heavy (non-hydrogen) atoms. The Labute approximate surface area is 493 Å². The lowest BCUT2D eigenvalue weighted by atomic mass is 9.88. The van der Waals surface area contributed by atoms with Gasteiger partial charge in [0.25, 0.3) is 0 Å². The minimum atomic E-state index is -0.939. The maximum atomic E-state index is 14.4. The van der Waals surface area contributed by atoms with E-state index in [1.54, 1.807) is 23.8 Å². The Morgan fingerprint density at radius 2 is 1.10 bits per heavy atom. The molecule has 5 aromatic rings. The number of ketones is 1. The number of aliphatic hydroxyl groups is 2. The van der Waals surface area contributed by atoms with Crippen LogP contribution in [0.15, 0.2) is 97.3 Å². The zero-order chi connectivity index (χ0) is 59.3. The molecule has 4 saturated heterocycles. The van der Waals surface area contributed by atoms with Crippen LogP contribution < -0.4 is 21.3 Å². The number of nitrogens with zero attached hydrogens (tertiary/aromatic N) is 8. The van der Waals surface area contributed by atoms with E-state index in [9.17, 15) is 39.0 Å². The highest BCUT2D eigenvalue weighted by molar-refractivity contribution is 5.95. The van der Waals surface area contributed by atoms with Crippen LogP contribution in [0.25, 0.3) is 0 Å². The largest absolute Gasteiger partial charge is 0.396 e. The number of aliphatic hydroxyl groups excluding tert-OH is 2. The van der Waals surface area contributed by atoms with Gasteiger partial charge in [-0.25, -0.2) is 0 Å². The number of Topliss-reactive ketones (excluding diaryl/α,β-unsaturated/α-hetero) is 1. The van der Waals surface area contributed by atoms with E-state index in [0.29, 0.717) is 82.3 Å². The molecule has 20 nitrogen and oxygen atoms in total. The van der Waals surface area contributed by atoms with Gasteiger partial charge < -0.3 is 41.3 Å². The molecule has 450 valence electrons. The van der Waals surface area contributed by atoms with Gasteiger partial charge in [-0.2, -0.15) is 0 Å². The fourth-order valence-corrected chi connectivity index (χ4v) is 12.9. The molecule has 6 heterocycles. The van der Waals surface area contributed by atoms with Crippen molar-refractivity contribution < 1.29 is 39.0 Å². The number of aryl methyl sites for hydroxylation is 4. The summed E-state index contributed by atoms with van der Waals surface area (Å²) in [5.41, 5.74) is 5.59. The van der Waals surface area contributed by atoms with Crippen LogP contribution in [0, 0.1) is 17.8 Å². The number of aromatic nitrogens is 6. The highest BCUT2D eigenvalue weighted by atomic mass is 16.3. The lowest BCUT2D eigenvalue weighted by molar-refractivity contribution is -0.144. The lowest BCUT2D eigenvalue weighted by Gasteiger charge is -2.33. The molecule has 2 aromatic heterocycles. The standard InChI is InChI=1S/C64H86N12O8/c1-5-41(2)60(80)67-58-47(39-77)26-28-49-30-32-54(75(49)63(58)83)56(79)36-51(45-18-8-6-9-19-45)52-37-73(71-69-52)34-14-12-16-43-22-24-44(25-23-43)17-13-15-35-74-38-53(70-72-74)57(46-20-10-7-11-21-46)66-62(82)55-33-31-50-29-27-48(40-78)59(64(84)76(50)55)68-61(81)42(3)65-4/h6-11,18-25,37-38,41-42,47-51,54-55,57-59,65,77-78H,5,12-17,26-36,39-40H2,1-4H3,(H,66,82)(H,67,80)(H,68,81)/t41-,42+,47-,48-,49+,50+,51+,54+,55+,57+,58+,59+/m1/s1. The van der Waals surface area contributed by atoms with E-state index < -0.39 is 48.1 Å². The fourth-order valence-electron chi connectivity index (χ4n) is 12.9. The molecule has 0 unspecified atom stereocenters. The molecule has 4 fully saturated rings. The van der Waals surface area contributed by atoms with E-state index in [1.165, 1.54) is 11.1 Å². The van der Waals surface area contributed by atoms with Gasteiger partial charge in [-0.05, 0) is 133 Å². The van der Waals surface area contributed by atoms with Gasteiger partial charge in [0, 0.05) is 74.7 Å². The van der Waals surface area contributed by atoms with Gasteiger partial charge in [0.15, 0.2) is 5.78 Å². The molecule has 5 amide bonds. The van der Waals surface area contributed by atoms with Crippen molar-refractivity contribution in [2.75, 3.05) is 20.3 Å². The summed E-state index contributed by atoms with van der Waals surface area (Å²) in [6.45, 7) is 6.31. The number of benzene rings is 3. The summed E-state index contributed by atoms with van der Waals surface area (Å²) >= 11 is 0. The Balaban J connectivity index is 0.739. The Bertz CT molecular complexity index is 2790. The lowest BCUT2D eigenvalue weighted by Crippen LogP contribution is -2.58. The first-order valence-electron chi connectivity index (χ1n) is 30.7. The summed E-state index contributed by atoms with van der Waals surface area (Å²) in [6, 6.07) is 23.7. The third-order valence-corrected chi connectivity index (χ3v) is 18.4. The van der Waals surface area contributed by atoms with Gasteiger partial charge in [-0.15, -0.1) is 10.2 Å². The summed E-state index contributed by atoms with van der Waals surface area (Å²) in [4.78, 5) is 86.6. The van der Waals surface area contributed by atoms with Crippen molar-refractivity contribution in [1.82, 2.24) is 61.1 Å². The molecular weight excluding hydrogens is 1060 g/mol. The number of carbonyl (C=O) groups is 6. The molecule has 9 rings (SSSR count). The van der Waals surface area contributed by atoms with Crippen molar-refractivity contribution in [2.24, 2.45) is 17.8 Å². The predicted molar refractivity (Wildman–Crippen MR) is 315 cm³/mol. The Morgan fingerprint density at radius 1 is 0.607 bits per heavy atom.